The smallest absolute Gasteiger partial charge is 0.232 e. The molecule has 0 bridgehead atoms. The first-order valence-corrected chi connectivity index (χ1v) is 3.16. The van der Waals surface area contributed by atoms with Crippen molar-refractivity contribution in [2.75, 3.05) is 0 Å². The molecule has 0 unspecified atom stereocenters. The van der Waals surface area contributed by atoms with Gasteiger partial charge in [-0.05, 0) is 0 Å². The van der Waals surface area contributed by atoms with Crippen LogP contribution >= 0.6 is 0 Å². The average molecular weight is 264 g/mol. The van der Waals surface area contributed by atoms with E-state index in [-0.39, 0.29) is 0 Å². The lowest BCUT2D eigenvalue weighted by atomic mass is 11.2. The van der Waals surface area contributed by atoms with Gasteiger partial charge in [-0.15, -0.1) is 13.2 Å². The molecule has 12 heteroatoms. The Balaban J connectivity index is 4.05. The molecule has 5 nitrogen and oxygen atoms in total. The number of hydrogen-bond donors (Lipinski definition) is 0. The molecule has 0 radical (unpaired) electrons. The molecule has 0 atom stereocenters. The summed E-state index contributed by atoms with van der Waals surface area (Å²) in [6.07, 6.45) is -5.40. The topological polar surface area (TPSA) is 46.2 Å². The van der Waals surface area contributed by atoms with Crippen molar-refractivity contribution in [3.05, 3.63) is 0 Å². The first-order valence-electron chi connectivity index (χ1n) is 3.16. The fourth-order valence-corrected chi connectivity index (χ4v) is 0.339. The molecule has 0 aromatic heterocycles. The minimum atomic E-state index is -5.40. The van der Waals surface area contributed by atoms with Crippen LogP contribution in [0.25, 0.3) is 0 Å². The lowest BCUT2D eigenvalue weighted by Crippen LogP contribution is -2.30. The Labute approximate surface area is 82.4 Å². The van der Waals surface area contributed by atoms with Crippen molar-refractivity contribution in [1.29, 1.82) is 0 Å². The molecule has 98 valence electrons. The molecule has 0 aliphatic rings. The average Bonchev–Trinajstić information content (AvgIpc) is 2.07. The Morgan fingerprint density at radius 2 is 1.06 bits per heavy atom. The second-order valence-electron chi connectivity index (χ2n) is 1.76. The van der Waals surface area contributed by atoms with Crippen LogP contribution in [0.2, 0.25) is 0 Å². The second-order valence-corrected chi connectivity index (χ2v) is 1.76. The van der Waals surface area contributed by atoms with Crippen molar-refractivity contribution in [1.82, 2.24) is 0 Å². The van der Waals surface area contributed by atoms with Gasteiger partial charge in [0.25, 0.3) is 0 Å². The summed E-state index contributed by atoms with van der Waals surface area (Å²) in [6, 6.07) is 0. The van der Waals surface area contributed by atoms with Gasteiger partial charge < -0.3 is 0 Å². The van der Waals surface area contributed by atoms with E-state index >= 15 is 0 Å². The van der Waals surface area contributed by atoms with Crippen molar-refractivity contribution in [2.45, 2.75) is 26.1 Å². The van der Waals surface area contributed by atoms with Crippen molar-refractivity contribution < 1.29 is 55.0 Å². The number of ether oxygens (including phenoxy) is 1. The molecule has 0 rings (SSSR count). The van der Waals surface area contributed by atoms with Gasteiger partial charge in [0.1, 0.15) is 0 Å². The summed E-state index contributed by atoms with van der Waals surface area (Å²) in [7, 11) is 0. The van der Waals surface area contributed by atoms with Crippen LogP contribution in [0.3, 0.4) is 0 Å². The third-order valence-corrected chi connectivity index (χ3v) is 0.644. The van der Waals surface area contributed by atoms with Crippen LogP contribution in [0, 0.1) is 0 Å². The van der Waals surface area contributed by atoms with E-state index in [1.807, 2.05) is 0 Å². The highest BCUT2D eigenvalue weighted by Crippen LogP contribution is 2.21. The van der Waals surface area contributed by atoms with E-state index in [2.05, 4.69) is 24.3 Å². The molecule has 0 aliphatic heterocycles. The Kier molecular flexibility index (Phi) is 6.51. The zero-order chi connectivity index (χ0) is 12.8. The van der Waals surface area contributed by atoms with Crippen LogP contribution in [-0.4, -0.2) is 26.1 Å². The molecule has 0 saturated heterocycles. The lowest BCUT2D eigenvalue weighted by molar-refractivity contribution is -0.590. The van der Waals surface area contributed by atoms with Crippen LogP contribution < -0.4 is 0 Å². The maximum Gasteiger partial charge on any atom is 0.526 e. The Bertz CT molecular complexity index is 172. The van der Waals surface area contributed by atoms with Gasteiger partial charge in [0.2, 0.25) is 0 Å². The Morgan fingerprint density at radius 3 is 1.31 bits per heavy atom. The molecule has 0 heterocycles. The van der Waals surface area contributed by atoms with Crippen LogP contribution in [0.1, 0.15) is 0 Å². The molecule has 0 aromatic rings. The van der Waals surface area contributed by atoms with Gasteiger partial charge in [-0.3, -0.25) is 0 Å². The van der Waals surface area contributed by atoms with Gasteiger partial charge >= 0.3 is 26.1 Å². The van der Waals surface area contributed by atoms with E-state index in [1.54, 1.807) is 0 Å². The maximum atomic E-state index is 11.5. The third kappa shape index (κ3) is 9.85. The molecular formula is C4H3F7O5. The molecule has 0 N–H and O–H groups in total. The van der Waals surface area contributed by atoms with Gasteiger partial charge in [-0.2, -0.15) is 37.1 Å². The van der Waals surface area contributed by atoms with E-state index < -0.39 is 26.1 Å². The van der Waals surface area contributed by atoms with E-state index in [9.17, 15) is 30.7 Å². The fraction of sp³-hybridized carbons (Fsp3) is 1.00. The summed E-state index contributed by atoms with van der Waals surface area (Å²) in [5, 5.41) is 0. The fourth-order valence-electron chi connectivity index (χ4n) is 0.339. The van der Waals surface area contributed by atoms with Gasteiger partial charge in [0.15, 0.2) is 0 Å². The van der Waals surface area contributed by atoms with Crippen molar-refractivity contribution in [3.63, 3.8) is 0 Å². The van der Waals surface area contributed by atoms with Crippen molar-refractivity contribution in [2.24, 2.45) is 0 Å². The van der Waals surface area contributed by atoms with Crippen LogP contribution in [0.15, 0.2) is 0 Å². The SMILES string of the molecule is FC(F)OOC(OOC(F)F)OC(F)(F)F. The highest BCUT2D eigenvalue weighted by atomic mass is 19.4. The number of rotatable bonds is 7. The largest absolute Gasteiger partial charge is 0.526 e. The molecular weight excluding hydrogens is 261 g/mol. The van der Waals surface area contributed by atoms with Crippen LogP contribution in [-0.2, 0) is 24.3 Å². The van der Waals surface area contributed by atoms with E-state index in [4.69, 9.17) is 0 Å². The summed E-state index contributed by atoms with van der Waals surface area (Å²) in [5.74, 6) is 0. The molecule has 0 spiro atoms. The van der Waals surface area contributed by atoms with Gasteiger partial charge in [-0.1, -0.05) is 0 Å². The molecule has 0 aliphatic carbocycles. The Morgan fingerprint density at radius 1 is 0.688 bits per heavy atom. The molecule has 16 heavy (non-hydrogen) atoms. The van der Waals surface area contributed by atoms with E-state index in [1.165, 1.54) is 0 Å². The summed E-state index contributed by atoms with van der Waals surface area (Å²) >= 11 is 0. The quantitative estimate of drug-likeness (QED) is 0.305. The minimum Gasteiger partial charge on any atom is -0.232 e. The monoisotopic (exact) mass is 264 g/mol. The maximum absolute atomic E-state index is 11.5. The van der Waals surface area contributed by atoms with Crippen molar-refractivity contribution in [3.8, 4) is 0 Å². The molecule has 0 saturated carbocycles. The van der Waals surface area contributed by atoms with E-state index in [0.717, 1.165) is 0 Å². The van der Waals surface area contributed by atoms with E-state index in [0.29, 0.717) is 0 Å². The zero-order valence-electron chi connectivity index (χ0n) is 6.92. The number of halogens is 7. The van der Waals surface area contributed by atoms with Gasteiger partial charge in [0, 0.05) is 0 Å². The third-order valence-electron chi connectivity index (χ3n) is 0.644. The lowest BCUT2D eigenvalue weighted by Gasteiger charge is -2.16. The number of alkyl halides is 7. The normalized spacial score (nSPS) is 13.1. The van der Waals surface area contributed by atoms with Crippen LogP contribution in [0.5, 0.6) is 0 Å². The minimum absolute atomic E-state index is 2.78. The Hall–Kier alpha value is -0.690. The summed E-state index contributed by atoms with van der Waals surface area (Å²) in [5.41, 5.74) is 0. The molecule has 0 fully saturated rings. The highest BCUT2D eigenvalue weighted by Gasteiger charge is 2.37. The highest BCUT2D eigenvalue weighted by molar-refractivity contribution is 4.24. The predicted molar refractivity (Wildman–Crippen MR) is 27.3 cm³/mol. The first-order chi connectivity index (χ1) is 7.20. The van der Waals surface area contributed by atoms with Gasteiger partial charge in [0.05, 0.1) is 0 Å². The second kappa shape index (κ2) is 6.80. The number of hydrogen-bond acceptors (Lipinski definition) is 5. The zero-order valence-corrected chi connectivity index (χ0v) is 6.92. The summed E-state index contributed by atoms with van der Waals surface area (Å²) < 4.78 is 82.4. The van der Waals surface area contributed by atoms with Gasteiger partial charge in [-0.25, -0.2) is 4.74 Å². The summed E-state index contributed by atoms with van der Waals surface area (Å²) in [6.45, 7) is -10.3. The standard InChI is InChI=1S/C4H3F7O5/c5-1(6)13-15-3(12-4(9,10)11)16-14-2(7)8/h1-3H. The molecule has 0 amide bonds. The first kappa shape index (κ1) is 15.3. The predicted octanol–water partition coefficient (Wildman–Crippen LogP) is 2.15. The van der Waals surface area contributed by atoms with Crippen LogP contribution in [0.4, 0.5) is 30.7 Å². The van der Waals surface area contributed by atoms with Crippen molar-refractivity contribution >= 4 is 0 Å². The summed E-state index contributed by atoms with van der Waals surface area (Å²) in [4.78, 5) is 12.1. The molecule has 0 aromatic carbocycles.